The van der Waals surface area contributed by atoms with Gasteiger partial charge < -0.3 is 0 Å². The van der Waals surface area contributed by atoms with Crippen molar-refractivity contribution in [2.75, 3.05) is 0 Å². The molecule has 0 radical (unpaired) electrons. The maximum absolute atomic E-state index is 8.38. The first-order valence-electron chi connectivity index (χ1n) is 0.289. The molecular formula is H4BeMgOZn. The molecule has 1 nitrogen and oxygen atoms in total. The number of rotatable bonds is 0. The van der Waals surface area contributed by atoms with E-state index in [4.69, 9.17) is 3.57 Å². The third-order valence-electron chi connectivity index (χ3n) is 0. The van der Waals surface area contributed by atoms with Crippen molar-refractivity contribution in [3.63, 3.8) is 0 Å². The Labute approximate surface area is 54.8 Å². The van der Waals surface area contributed by atoms with Gasteiger partial charge in [0.2, 0.25) is 0 Å². The fraction of sp³-hybridized carbons (Fsp3) is 0. The van der Waals surface area contributed by atoms with Gasteiger partial charge in [-0.3, -0.25) is 0 Å². The molecule has 0 heterocycles. The summed E-state index contributed by atoms with van der Waals surface area (Å²) < 4.78 is 8.38. The van der Waals surface area contributed by atoms with E-state index in [2.05, 4.69) is 0 Å². The molecule has 4 heavy (non-hydrogen) atoms. The van der Waals surface area contributed by atoms with Crippen LogP contribution >= 0.6 is 0 Å². The Bertz CT molecular complexity index is 8.00. The van der Waals surface area contributed by atoms with Gasteiger partial charge in [-0.2, -0.15) is 0 Å². The molecule has 0 saturated heterocycles. The molecule has 0 rings (SSSR count). The first-order chi connectivity index (χ1) is 1.00. The van der Waals surface area contributed by atoms with E-state index < -0.39 is 0 Å². The van der Waals surface area contributed by atoms with Gasteiger partial charge in [0, 0.05) is 0 Å². The van der Waals surface area contributed by atoms with Crippen LogP contribution in [0.25, 0.3) is 0 Å². The summed E-state index contributed by atoms with van der Waals surface area (Å²) in [5.41, 5.74) is 0. The average Bonchev–Trinajstić information content (AvgIpc) is 1.00. The van der Waals surface area contributed by atoms with Crippen molar-refractivity contribution in [2.45, 2.75) is 0 Å². The van der Waals surface area contributed by atoms with E-state index in [0.29, 0.717) is 0 Å². The molecule has 0 aromatic heterocycles. The quantitative estimate of drug-likeness (QED) is 0.338. The van der Waals surface area contributed by atoms with Crippen LogP contribution in [-0.4, -0.2) is 33.2 Å². The minimum absolute atomic E-state index is 0. The number of hydrogen-bond donors (Lipinski definition) is 0. The molecule has 0 aromatic rings. The third-order valence-corrected chi connectivity index (χ3v) is 0. The van der Waals surface area contributed by atoms with Gasteiger partial charge in [0.25, 0.3) is 0 Å². The van der Waals surface area contributed by atoms with Crippen molar-refractivity contribution in [1.29, 1.82) is 0 Å². The molecule has 0 aliphatic rings. The minimum atomic E-state index is 0. The van der Waals surface area contributed by atoms with E-state index in [1.807, 2.05) is 0 Å². The SMILES string of the molecule is [BeH2].[MgH2].[O]=[Zn]. The topological polar surface area (TPSA) is 17.1 Å². The second-order valence-corrected chi connectivity index (χ2v) is 0. The zero-order valence-corrected chi connectivity index (χ0v) is 4.08. The molecule has 0 aliphatic heterocycles. The van der Waals surface area contributed by atoms with Crippen LogP contribution in [0, 0.1) is 0 Å². The van der Waals surface area contributed by atoms with E-state index in [1.165, 1.54) is 0 Å². The molecule has 0 aliphatic carbocycles. The second kappa shape index (κ2) is 26.6. The molecule has 0 saturated carbocycles. The molecular weight excluding hydrogens is 115 g/mol. The van der Waals surface area contributed by atoms with Gasteiger partial charge in [0.05, 0.1) is 0 Å². The molecule has 16 valence electrons. The van der Waals surface area contributed by atoms with Gasteiger partial charge in [0.1, 0.15) is 0 Å². The summed E-state index contributed by atoms with van der Waals surface area (Å²) in [6, 6.07) is 0. The Kier molecular flexibility index (Phi) is 122. The first-order valence-corrected chi connectivity index (χ1v) is 1.50. The summed E-state index contributed by atoms with van der Waals surface area (Å²) in [4.78, 5) is 0. The molecule has 0 fully saturated rings. The zero-order chi connectivity index (χ0) is 2.00. The predicted octanol–water partition coefficient (Wildman–Crippen LogP) is -1.95. The Morgan fingerprint density at radius 1 is 1.25 bits per heavy atom. The van der Waals surface area contributed by atoms with E-state index in [0.717, 1.165) is 0 Å². The molecule has 0 unspecified atom stereocenters. The van der Waals surface area contributed by atoms with Crippen LogP contribution in [0.1, 0.15) is 0 Å². The Morgan fingerprint density at radius 3 is 1.25 bits per heavy atom. The van der Waals surface area contributed by atoms with Crippen molar-refractivity contribution >= 4 is 33.2 Å². The van der Waals surface area contributed by atoms with Gasteiger partial charge in [0.15, 0.2) is 0 Å². The molecule has 0 aromatic carbocycles. The van der Waals surface area contributed by atoms with Crippen LogP contribution in [-0.2, 0) is 21.8 Å². The molecule has 4 heteroatoms. The predicted molar refractivity (Wildman–Crippen MR) is 17.8 cm³/mol. The van der Waals surface area contributed by atoms with Crippen molar-refractivity contribution < 1.29 is 21.8 Å². The fourth-order valence-electron chi connectivity index (χ4n) is 0. The van der Waals surface area contributed by atoms with Crippen LogP contribution in [0.5, 0.6) is 0 Å². The Hall–Kier alpha value is 1.36. The van der Waals surface area contributed by atoms with Crippen LogP contribution in [0.15, 0.2) is 0 Å². The summed E-state index contributed by atoms with van der Waals surface area (Å²) in [5, 5.41) is 0. The van der Waals surface area contributed by atoms with Gasteiger partial charge in [-0.05, 0) is 0 Å². The fourth-order valence-corrected chi connectivity index (χ4v) is 0. The Balaban J connectivity index is -0.00000000500. The average molecular weight is 119 g/mol. The van der Waals surface area contributed by atoms with Crippen molar-refractivity contribution in [1.82, 2.24) is 0 Å². The molecule has 0 spiro atoms. The first kappa shape index (κ1) is 18.3. The van der Waals surface area contributed by atoms with Gasteiger partial charge >= 0.3 is 55.0 Å². The van der Waals surface area contributed by atoms with E-state index in [9.17, 15) is 0 Å². The molecule has 0 bridgehead atoms. The van der Waals surface area contributed by atoms with Crippen LogP contribution in [0.4, 0.5) is 0 Å². The summed E-state index contributed by atoms with van der Waals surface area (Å²) in [5.74, 6) is 0. The molecule has 0 N–H and O–H groups in total. The van der Waals surface area contributed by atoms with Crippen molar-refractivity contribution in [3.8, 4) is 0 Å². The summed E-state index contributed by atoms with van der Waals surface area (Å²) in [6.45, 7) is 0. The van der Waals surface area contributed by atoms with E-state index in [1.54, 1.807) is 0 Å². The van der Waals surface area contributed by atoms with Crippen molar-refractivity contribution in [2.24, 2.45) is 0 Å². The summed E-state index contributed by atoms with van der Waals surface area (Å²) >= 11 is 0.125. The standard InChI is InChI=1S/Be.Mg.O.Zn.4H. The van der Waals surface area contributed by atoms with Gasteiger partial charge in [-0.25, -0.2) is 0 Å². The maximum atomic E-state index is 8.38. The summed E-state index contributed by atoms with van der Waals surface area (Å²) in [7, 11) is 0. The third kappa shape index (κ3) is 10.1. The van der Waals surface area contributed by atoms with Gasteiger partial charge in [-0.1, -0.05) is 0 Å². The van der Waals surface area contributed by atoms with Crippen molar-refractivity contribution in [3.05, 3.63) is 0 Å². The normalized spacial score (nSPS) is 1.50. The monoisotopic (exact) mass is 117 g/mol. The molecule has 0 atom stereocenters. The van der Waals surface area contributed by atoms with E-state index in [-0.39, 0.29) is 51.4 Å². The van der Waals surface area contributed by atoms with Crippen LogP contribution in [0.3, 0.4) is 0 Å². The molecule has 0 amide bonds. The number of hydrogen-bond acceptors (Lipinski definition) is 1. The van der Waals surface area contributed by atoms with Gasteiger partial charge in [-0.15, -0.1) is 0 Å². The Morgan fingerprint density at radius 2 is 1.25 bits per heavy atom. The second-order valence-electron chi connectivity index (χ2n) is 0. The van der Waals surface area contributed by atoms with Crippen LogP contribution in [0.2, 0.25) is 0 Å². The zero-order valence-electron chi connectivity index (χ0n) is 1.12. The van der Waals surface area contributed by atoms with Crippen LogP contribution < -0.4 is 0 Å². The summed E-state index contributed by atoms with van der Waals surface area (Å²) in [6.07, 6.45) is 0. The van der Waals surface area contributed by atoms with E-state index >= 15 is 0 Å².